The van der Waals surface area contributed by atoms with Crippen LogP contribution in [0.25, 0.3) is 11.1 Å². The largest absolute Gasteiger partial charge is 0.478 e. The Kier molecular flexibility index (Phi) is 4.94. The smallest absolute Gasteiger partial charge is 0.336 e. The third-order valence-corrected chi connectivity index (χ3v) is 3.96. The van der Waals surface area contributed by atoms with Gasteiger partial charge in [-0.3, -0.25) is 14.9 Å². The number of carbonyl (C=O) groups excluding carboxylic acids is 1. The van der Waals surface area contributed by atoms with E-state index in [0.717, 1.165) is 11.1 Å². The van der Waals surface area contributed by atoms with E-state index in [4.69, 9.17) is 0 Å². The van der Waals surface area contributed by atoms with Crippen LogP contribution in [0.3, 0.4) is 0 Å². The van der Waals surface area contributed by atoms with Crippen molar-refractivity contribution in [2.75, 3.05) is 5.32 Å². The Labute approximate surface area is 154 Å². The van der Waals surface area contributed by atoms with Crippen molar-refractivity contribution < 1.29 is 19.6 Å². The van der Waals surface area contributed by atoms with Crippen molar-refractivity contribution in [1.82, 2.24) is 0 Å². The van der Waals surface area contributed by atoms with Gasteiger partial charge in [-0.25, -0.2) is 4.79 Å². The van der Waals surface area contributed by atoms with Crippen LogP contribution in [-0.4, -0.2) is 21.9 Å². The number of rotatable bonds is 5. The zero-order valence-corrected chi connectivity index (χ0v) is 14.0. The summed E-state index contributed by atoms with van der Waals surface area (Å²) in [6.45, 7) is 0. The zero-order chi connectivity index (χ0) is 19.4. The van der Waals surface area contributed by atoms with E-state index >= 15 is 0 Å². The highest BCUT2D eigenvalue weighted by Gasteiger charge is 2.15. The minimum atomic E-state index is -1.17. The van der Waals surface area contributed by atoms with Crippen molar-refractivity contribution in [1.29, 1.82) is 0 Å². The summed E-state index contributed by atoms with van der Waals surface area (Å²) in [5.41, 5.74) is 2.15. The molecule has 0 atom stereocenters. The first kappa shape index (κ1) is 17.8. The summed E-state index contributed by atoms with van der Waals surface area (Å²) in [6, 6.07) is 19.0. The lowest BCUT2D eigenvalue weighted by Crippen LogP contribution is -2.16. The number of hydrogen-bond donors (Lipinski definition) is 2. The lowest BCUT2D eigenvalue weighted by molar-refractivity contribution is -0.384. The van der Waals surface area contributed by atoms with Gasteiger partial charge in [-0.1, -0.05) is 24.3 Å². The predicted octanol–water partition coefficient (Wildman–Crippen LogP) is 4.21. The highest BCUT2D eigenvalue weighted by Crippen LogP contribution is 2.24. The second kappa shape index (κ2) is 7.49. The average molecular weight is 362 g/mol. The van der Waals surface area contributed by atoms with Gasteiger partial charge in [0, 0.05) is 17.8 Å². The molecule has 134 valence electrons. The van der Waals surface area contributed by atoms with Crippen molar-refractivity contribution in [2.24, 2.45) is 0 Å². The molecule has 3 aromatic rings. The van der Waals surface area contributed by atoms with Gasteiger partial charge in [0.25, 0.3) is 11.6 Å². The van der Waals surface area contributed by atoms with Crippen LogP contribution in [-0.2, 0) is 0 Å². The number of non-ortho nitro benzene ring substituents is 1. The Bertz CT molecular complexity index is 1010. The first-order valence-corrected chi connectivity index (χ1v) is 7.94. The molecule has 0 unspecified atom stereocenters. The van der Waals surface area contributed by atoms with Gasteiger partial charge in [0.2, 0.25) is 0 Å². The quantitative estimate of drug-likeness (QED) is 0.522. The topological polar surface area (TPSA) is 110 Å². The summed E-state index contributed by atoms with van der Waals surface area (Å²) in [4.78, 5) is 33.8. The fourth-order valence-electron chi connectivity index (χ4n) is 2.59. The average Bonchev–Trinajstić information content (AvgIpc) is 2.68. The number of amides is 1. The minimum Gasteiger partial charge on any atom is -0.478 e. The maximum atomic E-state index is 12.4. The van der Waals surface area contributed by atoms with E-state index in [0.29, 0.717) is 5.69 Å². The summed E-state index contributed by atoms with van der Waals surface area (Å²) in [6.07, 6.45) is 0. The number of carbonyl (C=O) groups is 2. The third kappa shape index (κ3) is 3.98. The van der Waals surface area contributed by atoms with E-state index in [2.05, 4.69) is 5.32 Å². The van der Waals surface area contributed by atoms with Crippen LogP contribution >= 0.6 is 0 Å². The van der Waals surface area contributed by atoms with Gasteiger partial charge >= 0.3 is 5.97 Å². The van der Waals surface area contributed by atoms with E-state index in [1.54, 1.807) is 48.5 Å². The molecule has 7 nitrogen and oxygen atoms in total. The molecule has 1 amide bonds. The summed E-state index contributed by atoms with van der Waals surface area (Å²) in [7, 11) is 0. The monoisotopic (exact) mass is 362 g/mol. The van der Waals surface area contributed by atoms with Gasteiger partial charge in [-0.15, -0.1) is 0 Å². The summed E-state index contributed by atoms with van der Waals surface area (Å²) < 4.78 is 0. The molecule has 7 heteroatoms. The van der Waals surface area contributed by atoms with Crippen LogP contribution in [0.5, 0.6) is 0 Å². The predicted molar refractivity (Wildman–Crippen MR) is 99.9 cm³/mol. The van der Waals surface area contributed by atoms with Crippen LogP contribution < -0.4 is 5.32 Å². The Balaban J connectivity index is 1.77. The molecule has 0 aromatic heterocycles. The van der Waals surface area contributed by atoms with E-state index in [9.17, 15) is 24.8 Å². The van der Waals surface area contributed by atoms with Crippen LogP contribution in [0.2, 0.25) is 0 Å². The lowest BCUT2D eigenvalue weighted by atomic mass is 10.0. The Morgan fingerprint density at radius 2 is 1.33 bits per heavy atom. The Morgan fingerprint density at radius 1 is 0.815 bits per heavy atom. The molecular weight excluding hydrogens is 348 g/mol. The maximum Gasteiger partial charge on any atom is 0.336 e. The van der Waals surface area contributed by atoms with Gasteiger partial charge in [0.1, 0.15) is 0 Å². The van der Waals surface area contributed by atoms with E-state index < -0.39 is 16.8 Å². The molecule has 0 fully saturated rings. The SMILES string of the molecule is O=C(O)c1ccccc1C(=O)Nc1ccc(-c2ccc([N+](=O)[O-])cc2)cc1. The van der Waals surface area contributed by atoms with E-state index in [-0.39, 0.29) is 16.8 Å². The molecule has 0 saturated heterocycles. The zero-order valence-electron chi connectivity index (χ0n) is 14.0. The molecular formula is C20H14N2O5. The molecule has 0 radical (unpaired) electrons. The van der Waals surface area contributed by atoms with Crippen molar-refractivity contribution in [3.05, 3.63) is 94.0 Å². The van der Waals surface area contributed by atoms with Crippen LogP contribution in [0.15, 0.2) is 72.8 Å². The summed E-state index contributed by atoms with van der Waals surface area (Å²) >= 11 is 0. The molecule has 0 bridgehead atoms. The van der Waals surface area contributed by atoms with Crippen LogP contribution in [0.4, 0.5) is 11.4 Å². The highest BCUT2D eigenvalue weighted by atomic mass is 16.6. The van der Waals surface area contributed by atoms with Crippen molar-refractivity contribution in [2.45, 2.75) is 0 Å². The number of anilines is 1. The van der Waals surface area contributed by atoms with Crippen molar-refractivity contribution in [3.63, 3.8) is 0 Å². The molecule has 3 rings (SSSR count). The molecule has 3 aromatic carbocycles. The second-order valence-electron chi connectivity index (χ2n) is 5.69. The fraction of sp³-hybridized carbons (Fsp3) is 0. The normalized spacial score (nSPS) is 10.2. The Morgan fingerprint density at radius 3 is 1.85 bits per heavy atom. The number of hydrogen-bond acceptors (Lipinski definition) is 4. The van der Waals surface area contributed by atoms with Gasteiger partial charge < -0.3 is 10.4 Å². The minimum absolute atomic E-state index is 0.0136. The first-order chi connectivity index (χ1) is 13.0. The molecule has 2 N–H and O–H groups in total. The fourth-order valence-corrected chi connectivity index (χ4v) is 2.59. The summed E-state index contributed by atoms with van der Waals surface area (Å²) in [5.74, 6) is -1.69. The molecule has 0 saturated carbocycles. The standard InChI is InChI=1S/C20H14N2O5/c23-19(17-3-1-2-4-18(17)20(24)25)21-15-9-5-13(6-10-15)14-7-11-16(12-8-14)22(26)27/h1-12H,(H,21,23)(H,24,25). The second-order valence-corrected chi connectivity index (χ2v) is 5.69. The van der Waals surface area contributed by atoms with Gasteiger partial charge in [0.05, 0.1) is 16.1 Å². The number of carboxylic acid groups (broad SMARTS) is 1. The number of benzene rings is 3. The van der Waals surface area contributed by atoms with Gasteiger partial charge in [0.15, 0.2) is 0 Å². The maximum absolute atomic E-state index is 12.4. The van der Waals surface area contributed by atoms with Crippen molar-refractivity contribution >= 4 is 23.3 Å². The number of carboxylic acids is 1. The molecule has 0 aliphatic rings. The molecule has 0 aliphatic heterocycles. The number of nitro groups is 1. The van der Waals surface area contributed by atoms with Gasteiger partial charge in [-0.05, 0) is 47.5 Å². The van der Waals surface area contributed by atoms with Crippen molar-refractivity contribution in [3.8, 4) is 11.1 Å². The van der Waals surface area contributed by atoms with Gasteiger partial charge in [-0.2, -0.15) is 0 Å². The first-order valence-electron chi connectivity index (χ1n) is 7.94. The highest BCUT2D eigenvalue weighted by molar-refractivity contribution is 6.10. The van der Waals surface area contributed by atoms with Crippen LogP contribution in [0, 0.1) is 10.1 Å². The third-order valence-electron chi connectivity index (χ3n) is 3.96. The van der Waals surface area contributed by atoms with E-state index in [1.807, 2.05) is 0 Å². The summed E-state index contributed by atoms with van der Waals surface area (Å²) in [5, 5.41) is 22.5. The van der Waals surface area contributed by atoms with E-state index in [1.165, 1.54) is 24.3 Å². The number of nitrogens with one attached hydrogen (secondary N) is 1. The number of aromatic carboxylic acids is 1. The molecule has 0 spiro atoms. The number of nitrogens with zero attached hydrogens (tertiary/aromatic N) is 1. The molecule has 27 heavy (non-hydrogen) atoms. The molecule has 0 heterocycles. The van der Waals surface area contributed by atoms with Crippen LogP contribution in [0.1, 0.15) is 20.7 Å². The molecule has 0 aliphatic carbocycles. The lowest BCUT2D eigenvalue weighted by Gasteiger charge is -2.09. The Hall–Kier alpha value is -4.00. The number of nitro benzene ring substituents is 1.